The molecule has 1 saturated heterocycles. The van der Waals surface area contributed by atoms with Crippen molar-refractivity contribution >= 4 is 29.3 Å². The lowest BCUT2D eigenvalue weighted by Crippen LogP contribution is -2.47. The van der Waals surface area contributed by atoms with Gasteiger partial charge in [-0.15, -0.1) is 0 Å². The Balaban J connectivity index is 2.18. The van der Waals surface area contributed by atoms with Gasteiger partial charge in [-0.05, 0) is 30.7 Å². The van der Waals surface area contributed by atoms with E-state index in [-0.39, 0.29) is 5.91 Å². The van der Waals surface area contributed by atoms with E-state index in [1.54, 1.807) is 23.9 Å². The molecule has 0 aromatic carbocycles. The number of halogens is 1. The minimum Gasteiger partial charge on any atom is -0.333 e. The summed E-state index contributed by atoms with van der Waals surface area (Å²) in [5.41, 5.74) is 0.527. The van der Waals surface area contributed by atoms with Crippen LogP contribution in [0, 0.1) is 11.3 Å². The molecule has 1 aromatic rings. The Bertz CT molecular complexity index is 550. The zero-order valence-corrected chi connectivity index (χ0v) is 12.9. The highest BCUT2D eigenvalue weighted by Gasteiger charge is 2.36. The van der Waals surface area contributed by atoms with Crippen molar-refractivity contribution in [2.45, 2.75) is 31.7 Å². The average Bonchev–Trinajstić information content (AvgIpc) is 2.87. The summed E-state index contributed by atoms with van der Waals surface area (Å²) in [5, 5.41) is 12.4. The lowest BCUT2D eigenvalue weighted by molar-refractivity contribution is 0.0926. The summed E-state index contributed by atoms with van der Waals surface area (Å²) in [6.45, 7) is 2.04. The second kappa shape index (κ2) is 6.47. The Morgan fingerprint density at radius 1 is 1.65 bits per heavy atom. The molecule has 1 fully saturated rings. The predicted molar refractivity (Wildman–Crippen MR) is 81.0 cm³/mol. The van der Waals surface area contributed by atoms with E-state index in [4.69, 9.17) is 11.6 Å². The van der Waals surface area contributed by atoms with Crippen molar-refractivity contribution in [1.29, 1.82) is 5.26 Å². The highest BCUT2D eigenvalue weighted by Crippen LogP contribution is 2.27. The van der Waals surface area contributed by atoms with E-state index >= 15 is 0 Å². The van der Waals surface area contributed by atoms with Gasteiger partial charge in [0.2, 0.25) is 0 Å². The van der Waals surface area contributed by atoms with Gasteiger partial charge in [0.15, 0.2) is 0 Å². The number of hydrogen-bond donors (Lipinski definition) is 1. The second-order valence-corrected chi connectivity index (χ2v) is 6.36. The first-order valence-electron chi connectivity index (χ1n) is 6.56. The van der Waals surface area contributed by atoms with E-state index in [0.29, 0.717) is 22.9 Å². The van der Waals surface area contributed by atoms with Crippen LogP contribution in [0.2, 0.25) is 5.15 Å². The normalized spacial score (nSPS) is 21.4. The molecule has 1 amide bonds. The molecular formula is C14H16ClN3OS. The molecule has 2 rings (SSSR count). The van der Waals surface area contributed by atoms with E-state index in [0.717, 1.165) is 24.3 Å². The molecule has 6 heteroatoms. The third kappa shape index (κ3) is 3.44. The quantitative estimate of drug-likeness (QED) is 0.869. The molecule has 1 aliphatic rings. The molecule has 1 aliphatic heterocycles. The lowest BCUT2D eigenvalue weighted by Gasteiger charge is -2.21. The third-order valence-corrected chi connectivity index (χ3v) is 4.59. The van der Waals surface area contributed by atoms with Crippen molar-refractivity contribution in [3.05, 3.63) is 28.5 Å². The molecule has 1 unspecified atom stereocenters. The fraction of sp³-hybridized carbons (Fsp3) is 0.500. The lowest BCUT2D eigenvalue weighted by atomic mass is 10.0. The van der Waals surface area contributed by atoms with E-state index in [1.165, 1.54) is 0 Å². The fourth-order valence-electron chi connectivity index (χ4n) is 2.14. The van der Waals surface area contributed by atoms with E-state index in [2.05, 4.69) is 16.4 Å². The monoisotopic (exact) mass is 309 g/mol. The molecule has 20 heavy (non-hydrogen) atoms. The molecule has 2 heterocycles. The van der Waals surface area contributed by atoms with Crippen molar-refractivity contribution in [1.82, 2.24) is 10.3 Å². The van der Waals surface area contributed by atoms with Gasteiger partial charge in [0.25, 0.3) is 5.91 Å². The first-order valence-corrected chi connectivity index (χ1v) is 8.10. The molecule has 1 N–H and O–H groups in total. The van der Waals surface area contributed by atoms with Gasteiger partial charge in [0, 0.05) is 17.0 Å². The van der Waals surface area contributed by atoms with E-state index < -0.39 is 5.54 Å². The maximum Gasteiger partial charge on any atom is 0.252 e. The van der Waals surface area contributed by atoms with Crippen LogP contribution in [0.1, 0.15) is 35.8 Å². The summed E-state index contributed by atoms with van der Waals surface area (Å²) in [6, 6.07) is 5.52. The third-order valence-electron chi connectivity index (χ3n) is 3.20. The first kappa shape index (κ1) is 15.1. The number of amides is 1. The van der Waals surface area contributed by atoms with Crippen LogP contribution in [-0.4, -0.2) is 27.9 Å². The van der Waals surface area contributed by atoms with Crippen molar-refractivity contribution in [3.63, 3.8) is 0 Å². The molecule has 0 radical (unpaired) electrons. The van der Waals surface area contributed by atoms with Crippen LogP contribution in [0.15, 0.2) is 12.1 Å². The van der Waals surface area contributed by atoms with Crippen molar-refractivity contribution in [2.75, 3.05) is 11.5 Å². The Labute approximate surface area is 127 Å². The number of aromatic nitrogens is 1. The summed E-state index contributed by atoms with van der Waals surface area (Å²) < 4.78 is 0. The number of nitriles is 1. The van der Waals surface area contributed by atoms with Gasteiger partial charge in [-0.1, -0.05) is 24.9 Å². The van der Waals surface area contributed by atoms with Gasteiger partial charge in [0.05, 0.1) is 6.07 Å². The maximum absolute atomic E-state index is 12.3. The first-order chi connectivity index (χ1) is 9.58. The number of hydrogen-bond acceptors (Lipinski definition) is 4. The van der Waals surface area contributed by atoms with E-state index in [1.807, 2.05) is 6.92 Å². The van der Waals surface area contributed by atoms with Gasteiger partial charge in [-0.25, -0.2) is 4.98 Å². The van der Waals surface area contributed by atoms with Crippen LogP contribution in [0.4, 0.5) is 0 Å². The van der Waals surface area contributed by atoms with Gasteiger partial charge in [0.1, 0.15) is 10.7 Å². The molecule has 0 aliphatic carbocycles. The molecule has 1 aromatic heterocycles. The summed E-state index contributed by atoms with van der Waals surface area (Å²) >= 11 is 7.64. The Morgan fingerprint density at radius 3 is 3.05 bits per heavy atom. The van der Waals surface area contributed by atoms with Crippen LogP contribution in [0.5, 0.6) is 0 Å². The summed E-state index contributed by atoms with van der Waals surface area (Å²) in [7, 11) is 0. The fourth-order valence-corrected chi connectivity index (χ4v) is 3.63. The standard InChI is InChI=1S/C14H16ClN3OS/c1-2-3-11-6-10(7-12(15)17-11)13(19)18-14(8-16)4-5-20-9-14/h6-7H,2-5,9H2,1H3,(H,18,19). The van der Waals surface area contributed by atoms with Gasteiger partial charge >= 0.3 is 0 Å². The average molecular weight is 310 g/mol. The minimum absolute atomic E-state index is 0.254. The largest absolute Gasteiger partial charge is 0.333 e. The highest BCUT2D eigenvalue weighted by atomic mass is 35.5. The Hall–Kier alpha value is -1.25. The summed E-state index contributed by atoms with van der Waals surface area (Å²) in [5.74, 6) is 1.28. The summed E-state index contributed by atoms with van der Waals surface area (Å²) in [6.07, 6.45) is 2.40. The van der Waals surface area contributed by atoms with Crippen LogP contribution in [0.25, 0.3) is 0 Å². The smallest absolute Gasteiger partial charge is 0.252 e. The number of pyridine rings is 1. The summed E-state index contributed by atoms with van der Waals surface area (Å²) in [4.78, 5) is 16.5. The zero-order valence-electron chi connectivity index (χ0n) is 11.3. The van der Waals surface area contributed by atoms with Gasteiger partial charge < -0.3 is 5.32 Å². The van der Waals surface area contributed by atoms with Crippen LogP contribution in [0.3, 0.4) is 0 Å². The zero-order chi connectivity index (χ0) is 14.6. The van der Waals surface area contributed by atoms with Gasteiger partial charge in [-0.3, -0.25) is 4.79 Å². The van der Waals surface area contributed by atoms with Gasteiger partial charge in [-0.2, -0.15) is 17.0 Å². The maximum atomic E-state index is 12.3. The number of nitrogens with one attached hydrogen (secondary N) is 1. The second-order valence-electron chi connectivity index (χ2n) is 4.87. The number of rotatable bonds is 4. The minimum atomic E-state index is -0.748. The van der Waals surface area contributed by atoms with Crippen LogP contribution < -0.4 is 5.32 Å². The number of carbonyl (C=O) groups excluding carboxylic acids is 1. The van der Waals surface area contributed by atoms with Crippen molar-refractivity contribution in [2.24, 2.45) is 0 Å². The predicted octanol–water partition coefficient (Wildman–Crippen LogP) is 2.82. The molecule has 0 spiro atoms. The van der Waals surface area contributed by atoms with Crippen molar-refractivity contribution < 1.29 is 4.79 Å². The number of thioether (sulfide) groups is 1. The SMILES string of the molecule is CCCc1cc(C(=O)NC2(C#N)CCSC2)cc(Cl)n1. The molecular weight excluding hydrogens is 294 g/mol. The molecule has 1 atom stereocenters. The number of aryl methyl sites for hydroxylation is 1. The highest BCUT2D eigenvalue weighted by molar-refractivity contribution is 7.99. The Kier molecular flexibility index (Phi) is 4.90. The molecule has 0 bridgehead atoms. The van der Waals surface area contributed by atoms with Crippen LogP contribution in [-0.2, 0) is 6.42 Å². The topological polar surface area (TPSA) is 65.8 Å². The number of nitrogens with zero attached hydrogens (tertiary/aromatic N) is 2. The molecule has 0 saturated carbocycles. The number of carbonyl (C=O) groups is 1. The molecule has 106 valence electrons. The Morgan fingerprint density at radius 2 is 2.45 bits per heavy atom. The van der Waals surface area contributed by atoms with E-state index in [9.17, 15) is 10.1 Å². The van der Waals surface area contributed by atoms with Crippen molar-refractivity contribution in [3.8, 4) is 6.07 Å². The van der Waals surface area contributed by atoms with Crippen LogP contribution >= 0.6 is 23.4 Å². The molecule has 4 nitrogen and oxygen atoms in total.